The third-order valence-corrected chi connectivity index (χ3v) is 6.78. The molecule has 3 rings (SSSR count). The molecule has 0 radical (unpaired) electrons. The fourth-order valence-electron chi connectivity index (χ4n) is 3.34. The maximum Gasteiger partial charge on any atom is 0.246 e. The van der Waals surface area contributed by atoms with Crippen molar-refractivity contribution in [1.29, 1.82) is 0 Å². The molecule has 0 aliphatic carbocycles. The molecule has 1 fully saturated rings. The van der Waals surface area contributed by atoms with Gasteiger partial charge < -0.3 is 14.4 Å². The zero-order chi connectivity index (χ0) is 21.0. The summed E-state index contributed by atoms with van der Waals surface area (Å²) in [4.78, 5) is 14.7. The Kier molecular flexibility index (Phi) is 6.43. The minimum absolute atomic E-state index is 0.0437. The van der Waals surface area contributed by atoms with E-state index in [9.17, 15) is 13.2 Å². The zero-order valence-electron chi connectivity index (χ0n) is 16.9. The van der Waals surface area contributed by atoms with Gasteiger partial charge >= 0.3 is 0 Å². The Balaban J connectivity index is 1.65. The van der Waals surface area contributed by atoms with Gasteiger partial charge in [-0.25, -0.2) is 8.42 Å². The molecule has 158 valence electrons. The number of methoxy groups -OCH3 is 2. The fourth-order valence-corrected chi connectivity index (χ4v) is 4.80. The molecule has 1 aromatic carbocycles. The summed E-state index contributed by atoms with van der Waals surface area (Å²) in [5, 5.41) is 3.94. The molecule has 0 atom stereocenters. The van der Waals surface area contributed by atoms with Gasteiger partial charge in [-0.15, -0.1) is 0 Å². The van der Waals surface area contributed by atoms with E-state index in [4.69, 9.17) is 9.47 Å². The highest BCUT2D eigenvalue weighted by Crippen LogP contribution is 2.28. The Labute approximate surface area is 170 Å². The van der Waals surface area contributed by atoms with E-state index >= 15 is 0 Å². The van der Waals surface area contributed by atoms with Crippen LogP contribution in [0, 0.1) is 0 Å². The molecule has 2 heterocycles. The Morgan fingerprint density at radius 2 is 1.86 bits per heavy atom. The average molecular weight is 423 g/mol. The summed E-state index contributed by atoms with van der Waals surface area (Å²) in [6, 6.07) is 5.38. The number of aryl methyl sites for hydroxylation is 1. The molecular weight excluding hydrogens is 396 g/mol. The van der Waals surface area contributed by atoms with E-state index in [2.05, 4.69) is 5.10 Å². The van der Waals surface area contributed by atoms with Crippen molar-refractivity contribution < 1.29 is 22.7 Å². The molecule has 10 heteroatoms. The minimum atomic E-state index is -3.61. The van der Waals surface area contributed by atoms with Crippen LogP contribution in [0.25, 0.3) is 0 Å². The summed E-state index contributed by atoms with van der Waals surface area (Å²) in [6.07, 6.45) is 3.63. The molecule has 29 heavy (non-hydrogen) atoms. The Morgan fingerprint density at radius 1 is 1.10 bits per heavy atom. The number of hydrogen-bond donors (Lipinski definition) is 0. The molecule has 0 saturated carbocycles. The van der Waals surface area contributed by atoms with Crippen molar-refractivity contribution in [3.63, 3.8) is 0 Å². The number of sulfonamides is 1. The first-order valence-electron chi connectivity index (χ1n) is 9.32. The van der Waals surface area contributed by atoms with Crippen molar-refractivity contribution in [2.24, 2.45) is 7.05 Å². The molecule has 9 nitrogen and oxygen atoms in total. The van der Waals surface area contributed by atoms with E-state index in [1.165, 1.54) is 21.4 Å². The quantitative estimate of drug-likeness (QED) is 0.687. The lowest BCUT2D eigenvalue weighted by Gasteiger charge is -2.22. The van der Waals surface area contributed by atoms with E-state index in [-0.39, 0.29) is 23.8 Å². The summed E-state index contributed by atoms with van der Waals surface area (Å²) < 4.78 is 39.0. The molecule has 1 aliphatic heterocycles. The SMILES string of the molecule is COc1ccc(CC(=O)N2CCCN(S(=O)(=O)c3cnn(C)c3)CC2)cc1OC. The van der Waals surface area contributed by atoms with Gasteiger partial charge in [-0.3, -0.25) is 9.48 Å². The molecule has 1 aliphatic rings. The lowest BCUT2D eigenvalue weighted by atomic mass is 10.1. The Hall–Kier alpha value is -2.59. The van der Waals surface area contributed by atoms with Crippen molar-refractivity contribution in [3.05, 3.63) is 36.2 Å². The third kappa shape index (κ3) is 4.70. The van der Waals surface area contributed by atoms with Gasteiger partial charge in [-0.05, 0) is 24.1 Å². The highest BCUT2D eigenvalue weighted by atomic mass is 32.2. The minimum Gasteiger partial charge on any atom is -0.493 e. The fraction of sp³-hybridized carbons (Fsp3) is 0.474. The number of amides is 1. The van der Waals surface area contributed by atoms with Gasteiger partial charge in [0.1, 0.15) is 4.90 Å². The van der Waals surface area contributed by atoms with Gasteiger partial charge in [0.15, 0.2) is 11.5 Å². The van der Waals surface area contributed by atoms with Gasteiger partial charge in [-0.2, -0.15) is 9.40 Å². The van der Waals surface area contributed by atoms with Crippen LogP contribution in [-0.4, -0.2) is 73.7 Å². The molecule has 0 spiro atoms. The number of rotatable bonds is 6. The smallest absolute Gasteiger partial charge is 0.246 e. The first kappa shape index (κ1) is 21.1. The van der Waals surface area contributed by atoms with Crippen LogP contribution in [0.3, 0.4) is 0 Å². The van der Waals surface area contributed by atoms with Crippen molar-refractivity contribution in [3.8, 4) is 11.5 Å². The number of ether oxygens (including phenoxy) is 2. The van der Waals surface area contributed by atoms with E-state index in [1.807, 2.05) is 6.07 Å². The van der Waals surface area contributed by atoms with Crippen LogP contribution in [-0.2, 0) is 28.3 Å². The first-order valence-corrected chi connectivity index (χ1v) is 10.8. The van der Waals surface area contributed by atoms with Crippen molar-refractivity contribution in [2.75, 3.05) is 40.4 Å². The van der Waals surface area contributed by atoms with Crippen molar-refractivity contribution in [2.45, 2.75) is 17.7 Å². The van der Waals surface area contributed by atoms with Crippen LogP contribution in [0.4, 0.5) is 0 Å². The number of hydrogen-bond acceptors (Lipinski definition) is 6. The summed E-state index contributed by atoms with van der Waals surface area (Å²) in [7, 11) is 1.18. The van der Waals surface area contributed by atoms with Crippen LogP contribution in [0.5, 0.6) is 11.5 Å². The topological polar surface area (TPSA) is 94.0 Å². The summed E-state index contributed by atoms with van der Waals surface area (Å²) in [6.45, 7) is 1.50. The van der Waals surface area contributed by atoms with Gasteiger partial charge in [0.05, 0.1) is 26.8 Å². The molecular formula is C19H26N4O5S. The monoisotopic (exact) mass is 422 g/mol. The molecule has 0 unspecified atom stereocenters. The highest BCUT2D eigenvalue weighted by Gasteiger charge is 2.29. The van der Waals surface area contributed by atoms with E-state index in [0.717, 1.165) is 5.56 Å². The highest BCUT2D eigenvalue weighted by molar-refractivity contribution is 7.89. The Bertz CT molecular complexity index is 973. The second-order valence-corrected chi connectivity index (χ2v) is 8.79. The molecule has 1 amide bonds. The molecule has 0 bridgehead atoms. The predicted octanol–water partition coefficient (Wildman–Crippen LogP) is 0.903. The van der Waals surface area contributed by atoms with E-state index in [1.54, 1.807) is 38.3 Å². The van der Waals surface area contributed by atoms with Gasteiger partial charge in [0.25, 0.3) is 0 Å². The maximum atomic E-state index is 12.8. The first-order chi connectivity index (χ1) is 13.8. The van der Waals surface area contributed by atoms with Crippen molar-refractivity contribution >= 4 is 15.9 Å². The number of carbonyl (C=O) groups is 1. The molecule has 2 aromatic rings. The summed E-state index contributed by atoms with van der Waals surface area (Å²) in [5.74, 6) is 1.13. The number of nitrogens with zero attached hydrogens (tertiary/aromatic N) is 4. The number of carbonyl (C=O) groups excluding carboxylic acids is 1. The summed E-state index contributed by atoms with van der Waals surface area (Å²) in [5.41, 5.74) is 0.816. The van der Waals surface area contributed by atoms with Crippen LogP contribution in [0.2, 0.25) is 0 Å². The van der Waals surface area contributed by atoms with Crippen molar-refractivity contribution in [1.82, 2.24) is 19.0 Å². The van der Waals surface area contributed by atoms with Gasteiger partial charge in [0, 0.05) is 39.4 Å². The van der Waals surface area contributed by atoms with E-state index in [0.29, 0.717) is 37.6 Å². The largest absolute Gasteiger partial charge is 0.493 e. The van der Waals surface area contributed by atoms with Crippen LogP contribution >= 0.6 is 0 Å². The van der Waals surface area contributed by atoms with Crippen LogP contribution < -0.4 is 9.47 Å². The van der Waals surface area contributed by atoms with Gasteiger partial charge in [-0.1, -0.05) is 6.07 Å². The standard InChI is InChI=1S/C19H26N4O5S/c1-21-14-16(13-20-21)29(25,26)23-8-4-7-22(9-10-23)19(24)12-15-5-6-17(27-2)18(11-15)28-3/h5-6,11,13-14H,4,7-10,12H2,1-3H3. The van der Waals surface area contributed by atoms with E-state index < -0.39 is 10.0 Å². The maximum absolute atomic E-state index is 12.8. The Morgan fingerprint density at radius 3 is 2.52 bits per heavy atom. The molecule has 1 aromatic heterocycles. The normalized spacial score (nSPS) is 15.8. The predicted molar refractivity (Wildman–Crippen MR) is 106 cm³/mol. The van der Waals surface area contributed by atoms with Crippen LogP contribution in [0.1, 0.15) is 12.0 Å². The molecule has 0 N–H and O–H groups in total. The number of benzene rings is 1. The third-order valence-electron chi connectivity index (χ3n) is 4.93. The lowest BCUT2D eigenvalue weighted by Crippen LogP contribution is -2.37. The van der Waals surface area contributed by atoms with Gasteiger partial charge in [0.2, 0.25) is 15.9 Å². The number of aromatic nitrogens is 2. The zero-order valence-corrected chi connectivity index (χ0v) is 17.7. The average Bonchev–Trinajstić information content (AvgIpc) is 3.00. The second kappa shape index (κ2) is 8.83. The second-order valence-electron chi connectivity index (χ2n) is 6.85. The lowest BCUT2D eigenvalue weighted by molar-refractivity contribution is -0.130. The van der Waals surface area contributed by atoms with Crippen LogP contribution in [0.15, 0.2) is 35.5 Å². The molecule has 1 saturated heterocycles. The summed E-state index contributed by atoms with van der Waals surface area (Å²) >= 11 is 0.